The minimum Gasteiger partial charge on any atom is -0.383 e. The summed E-state index contributed by atoms with van der Waals surface area (Å²) < 4.78 is 5.02. The van der Waals surface area contributed by atoms with Crippen molar-refractivity contribution in [2.75, 3.05) is 59.2 Å². The molecule has 0 unspecified atom stereocenters. The molecule has 0 aromatic carbocycles. The molecule has 1 fully saturated rings. The monoisotopic (exact) mass is 345 g/mol. The standard InChI is InChI=1S/C16H31N3O3S/c1-16(2,23-13-14(20)17-3)6-5-15(21)19-9-7-18(8-10-19)11-12-22-4/h5-13H2,1-4H3,(H,17,20). The molecule has 0 bridgehead atoms. The highest BCUT2D eigenvalue weighted by Crippen LogP contribution is 2.29. The summed E-state index contributed by atoms with van der Waals surface area (Å²) in [5.74, 6) is 0.696. The van der Waals surface area contributed by atoms with Gasteiger partial charge in [-0.05, 0) is 6.42 Å². The van der Waals surface area contributed by atoms with Gasteiger partial charge in [0.1, 0.15) is 0 Å². The van der Waals surface area contributed by atoms with Crippen LogP contribution in [0, 0.1) is 0 Å². The van der Waals surface area contributed by atoms with Gasteiger partial charge in [0.2, 0.25) is 11.8 Å². The van der Waals surface area contributed by atoms with Crippen molar-refractivity contribution in [1.29, 1.82) is 0 Å². The van der Waals surface area contributed by atoms with Crippen molar-refractivity contribution in [3.63, 3.8) is 0 Å². The minimum atomic E-state index is -0.0670. The molecule has 0 atom stereocenters. The number of piperazine rings is 1. The Balaban J connectivity index is 2.27. The molecule has 1 aliphatic heterocycles. The number of rotatable bonds is 9. The molecule has 2 amide bonds. The zero-order valence-corrected chi connectivity index (χ0v) is 15.7. The summed E-state index contributed by atoms with van der Waals surface area (Å²) >= 11 is 1.60. The molecular formula is C16H31N3O3S. The molecule has 0 aromatic rings. The third-order valence-corrected chi connectivity index (χ3v) is 5.54. The molecule has 1 rings (SSSR count). The van der Waals surface area contributed by atoms with Crippen LogP contribution in [0.4, 0.5) is 0 Å². The van der Waals surface area contributed by atoms with Gasteiger partial charge in [-0.3, -0.25) is 14.5 Å². The first-order valence-corrected chi connectivity index (χ1v) is 9.20. The number of thioether (sulfide) groups is 1. The first-order valence-electron chi connectivity index (χ1n) is 8.21. The van der Waals surface area contributed by atoms with Gasteiger partial charge in [-0.25, -0.2) is 0 Å². The average Bonchev–Trinajstić information content (AvgIpc) is 2.56. The topological polar surface area (TPSA) is 61.9 Å². The van der Waals surface area contributed by atoms with Crippen molar-refractivity contribution < 1.29 is 14.3 Å². The van der Waals surface area contributed by atoms with Crippen LogP contribution in [-0.2, 0) is 14.3 Å². The molecule has 134 valence electrons. The quantitative estimate of drug-likeness (QED) is 0.670. The molecule has 0 saturated carbocycles. The minimum absolute atomic E-state index is 0.0292. The van der Waals surface area contributed by atoms with Crippen molar-refractivity contribution in [3.05, 3.63) is 0 Å². The van der Waals surface area contributed by atoms with Crippen molar-refractivity contribution in [2.24, 2.45) is 0 Å². The lowest BCUT2D eigenvalue weighted by atomic mass is 10.1. The van der Waals surface area contributed by atoms with Crippen LogP contribution in [0.5, 0.6) is 0 Å². The van der Waals surface area contributed by atoms with E-state index in [1.165, 1.54) is 0 Å². The second-order valence-electron chi connectivity index (χ2n) is 6.44. The molecule has 23 heavy (non-hydrogen) atoms. The Morgan fingerprint density at radius 1 is 1.22 bits per heavy atom. The Morgan fingerprint density at radius 3 is 2.43 bits per heavy atom. The summed E-state index contributed by atoms with van der Waals surface area (Å²) in [6, 6.07) is 0. The first kappa shape index (κ1) is 20.3. The zero-order chi connectivity index (χ0) is 17.3. The summed E-state index contributed by atoms with van der Waals surface area (Å²) in [6.07, 6.45) is 1.34. The van der Waals surface area contributed by atoms with E-state index in [0.717, 1.165) is 45.8 Å². The van der Waals surface area contributed by atoms with Crippen LogP contribution < -0.4 is 5.32 Å². The average molecular weight is 346 g/mol. The maximum Gasteiger partial charge on any atom is 0.229 e. The summed E-state index contributed by atoms with van der Waals surface area (Å²) in [4.78, 5) is 28.0. The summed E-state index contributed by atoms with van der Waals surface area (Å²) in [7, 11) is 3.36. The van der Waals surface area contributed by atoms with Crippen LogP contribution in [0.25, 0.3) is 0 Å². The number of methoxy groups -OCH3 is 1. The number of hydrogen-bond acceptors (Lipinski definition) is 5. The molecule has 0 radical (unpaired) electrons. The van der Waals surface area contributed by atoms with E-state index in [1.807, 2.05) is 4.90 Å². The Bertz CT molecular complexity index is 383. The Morgan fingerprint density at radius 2 is 1.87 bits per heavy atom. The number of amides is 2. The molecular weight excluding hydrogens is 314 g/mol. The van der Waals surface area contributed by atoms with Gasteiger partial charge in [-0.2, -0.15) is 0 Å². The maximum absolute atomic E-state index is 12.4. The fraction of sp³-hybridized carbons (Fsp3) is 0.875. The van der Waals surface area contributed by atoms with Crippen molar-refractivity contribution >= 4 is 23.6 Å². The van der Waals surface area contributed by atoms with Crippen molar-refractivity contribution in [2.45, 2.75) is 31.4 Å². The second kappa shape index (κ2) is 10.2. The third kappa shape index (κ3) is 8.04. The van der Waals surface area contributed by atoms with E-state index in [0.29, 0.717) is 12.2 Å². The lowest BCUT2D eigenvalue weighted by Gasteiger charge is -2.35. The summed E-state index contributed by atoms with van der Waals surface area (Å²) in [5, 5.41) is 2.62. The number of hydrogen-bond donors (Lipinski definition) is 1. The molecule has 0 aromatic heterocycles. The molecule has 1 N–H and O–H groups in total. The molecule has 7 heteroatoms. The molecule has 1 saturated heterocycles. The van der Waals surface area contributed by atoms with Gasteiger partial charge < -0.3 is 15.0 Å². The molecule has 6 nitrogen and oxygen atoms in total. The maximum atomic E-state index is 12.4. The molecule has 0 aliphatic carbocycles. The third-order valence-electron chi connectivity index (χ3n) is 4.15. The van der Waals surface area contributed by atoms with Crippen LogP contribution in [0.1, 0.15) is 26.7 Å². The predicted molar refractivity (Wildman–Crippen MR) is 94.7 cm³/mol. The van der Waals surface area contributed by atoms with Crippen LogP contribution in [0.3, 0.4) is 0 Å². The zero-order valence-electron chi connectivity index (χ0n) is 14.9. The number of carbonyl (C=O) groups is 2. The van der Waals surface area contributed by atoms with Gasteiger partial charge in [0.05, 0.1) is 12.4 Å². The summed E-state index contributed by atoms with van der Waals surface area (Å²) in [5.41, 5.74) is 0. The Kier molecular flexibility index (Phi) is 8.94. The van der Waals surface area contributed by atoms with Gasteiger partial charge in [0.15, 0.2) is 0 Å². The summed E-state index contributed by atoms with van der Waals surface area (Å²) in [6.45, 7) is 9.30. The Labute approximate surface area is 144 Å². The normalized spacial score (nSPS) is 16.4. The first-order chi connectivity index (χ1) is 10.9. The fourth-order valence-electron chi connectivity index (χ4n) is 2.41. The van der Waals surface area contributed by atoms with E-state index in [2.05, 4.69) is 24.1 Å². The van der Waals surface area contributed by atoms with Crippen LogP contribution in [0.2, 0.25) is 0 Å². The lowest BCUT2D eigenvalue weighted by Crippen LogP contribution is -2.49. The smallest absolute Gasteiger partial charge is 0.229 e. The lowest BCUT2D eigenvalue weighted by molar-refractivity contribution is -0.133. The van der Waals surface area contributed by atoms with Gasteiger partial charge in [0, 0.05) is 58.0 Å². The number of nitrogens with zero attached hydrogens (tertiary/aromatic N) is 2. The van der Waals surface area contributed by atoms with Crippen LogP contribution in [-0.4, -0.2) is 85.6 Å². The van der Waals surface area contributed by atoms with Gasteiger partial charge in [0.25, 0.3) is 0 Å². The largest absolute Gasteiger partial charge is 0.383 e. The highest BCUT2D eigenvalue weighted by molar-refractivity contribution is 8.01. The second-order valence-corrected chi connectivity index (χ2v) is 8.12. The predicted octanol–water partition coefficient (Wildman–Crippen LogP) is 0.815. The van der Waals surface area contributed by atoms with E-state index in [-0.39, 0.29) is 16.6 Å². The highest BCUT2D eigenvalue weighted by atomic mass is 32.2. The number of carbonyl (C=O) groups excluding carboxylic acids is 2. The van der Waals surface area contributed by atoms with Crippen LogP contribution >= 0.6 is 11.8 Å². The highest BCUT2D eigenvalue weighted by Gasteiger charge is 2.25. The van der Waals surface area contributed by atoms with E-state index in [1.54, 1.807) is 25.9 Å². The van der Waals surface area contributed by atoms with Gasteiger partial charge >= 0.3 is 0 Å². The SMILES string of the molecule is CNC(=O)CSC(C)(C)CCC(=O)N1CCN(CCOC)CC1. The van der Waals surface area contributed by atoms with E-state index in [4.69, 9.17) is 4.74 Å². The van der Waals surface area contributed by atoms with Crippen molar-refractivity contribution in [3.8, 4) is 0 Å². The van der Waals surface area contributed by atoms with Crippen molar-refractivity contribution in [1.82, 2.24) is 15.1 Å². The number of nitrogens with one attached hydrogen (secondary N) is 1. The molecule has 1 aliphatic rings. The van der Waals surface area contributed by atoms with Gasteiger partial charge in [-0.1, -0.05) is 13.8 Å². The van der Waals surface area contributed by atoms with E-state index >= 15 is 0 Å². The van der Waals surface area contributed by atoms with Crippen LogP contribution in [0.15, 0.2) is 0 Å². The van der Waals surface area contributed by atoms with Gasteiger partial charge in [-0.15, -0.1) is 11.8 Å². The fourth-order valence-corrected chi connectivity index (χ4v) is 3.33. The van der Waals surface area contributed by atoms with E-state index in [9.17, 15) is 9.59 Å². The van der Waals surface area contributed by atoms with E-state index < -0.39 is 0 Å². The molecule has 1 heterocycles. The molecule has 0 spiro atoms. The number of ether oxygens (including phenoxy) is 1. The Hall–Kier alpha value is -0.790.